The molecule has 4 heteroatoms. The second-order valence-electron chi connectivity index (χ2n) is 3.24. The second-order valence-corrected chi connectivity index (χ2v) is 3.65. The molecule has 2 nitrogen and oxygen atoms in total. The van der Waals surface area contributed by atoms with Gasteiger partial charge in [0, 0.05) is 25.2 Å². The highest BCUT2D eigenvalue weighted by atomic mass is 35.5. The zero-order valence-corrected chi connectivity index (χ0v) is 8.89. The third kappa shape index (κ3) is 2.94. The highest BCUT2D eigenvalue weighted by Crippen LogP contribution is 2.18. The topological polar surface area (TPSA) is 29.3 Å². The van der Waals surface area contributed by atoms with E-state index in [4.69, 9.17) is 17.3 Å². The van der Waals surface area contributed by atoms with Crippen molar-refractivity contribution in [2.45, 2.75) is 6.54 Å². The van der Waals surface area contributed by atoms with Crippen LogP contribution in [-0.2, 0) is 6.54 Å². The minimum atomic E-state index is -0.335. The van der Waals surface area contributed by atoms with Crippen LogP contribution in [-0.4, -0.2) is 25.0 Å². The molecule has 0 aliphatic carbocycles. The molecule has 0 saturated heterocycles. The van der Waals surface area contributed by atoms with Crippen LogP contribution in [0, 0.1) is 5.82 Å². The van der Waals surface area contributed by atoms with E-state index < -0.39 is 0 Å². The van der Waals surface area contributed by atoms with Gasteiger partial charge in [-0.2, -0.15) is 0 Å². The largest absolute Gasteiger partial charge is 0.329 e. The molecule has 78 valence electrons. The molecule has 0 saturated carbocycles. The first-order valence-electron chi connectivity index (χ1n) is 4.46. The van der Waals surface area contributed by atoms with Crippen molar-refractivity contribution in [1.29, 1.82) is 0 Å². The van der Waals surface area contributed by atoms with Crippen LogP contribution >= 0.6 is 11.6 Å². The van der Waals surface area contributed by atoms with Crippen molar-refractivity contribution >= 4 is 11.6 Å². The molecule has 0 amide bonds. The lowest BCUT2D eigenvalue weighted by Gasteiger charge is -2.15. The van der Waals surface area contributed by atoms with Crippen molar-refractivity contribution in [3.05, 3.63) is 34.6 Å². The van der Waals surface area contributed by atoms with E-state index >= 15 is 0 Å². The van der Waals surface area contributed by atoms with E-state index in [0.717, 1.165) is 6.54 Å². The molecular formula is C10H14ClFN2. The summed E-state index contributed by atoms with van der Waals surface area (Å²) in [6, 6.07) is 5.02. The molecule has 14 heavy (non-hydrogen) atoms. The fourth-order valence-electron chi connectivity index (χ4n) is 1.26. The summed E-state index contributed by atoms with van der Waals surface area (Å²) in [5.41, 5.74) is 5.99. The summed E-state index contributed by atoms with van der Waals surface area (Å²) < 4.78 is 13.4. The van der Waals surface area contributed by atoms with E-state index in [1.54, 1.807) is 18.2 Å². The van der Waals surface area contributed by atoms with Crippen LogP contribution in [0.15, 0.2) is 18.2 Å². The van der Waals surface area contributed by atoms with Crippen molar-refractivity contribution in [3.63, 3.8) is 0 Å². The van der Waals surface area contributed by atoms with E-state index in [9.17, 15) is 4.39 Å². The van der Waals surface area contributed by atoms with Gasteiger partial charge in [0.1, 0.15) is 5.82 Å². The summed E-state index contributed by atoms with van der Waals surface area (Å²) in [4.78, 5) is 1.95. The molecule has 2 N–H and O–H groups in total. The first-order chi connectivity index (χ1) is 6.65. The number of nitrogens with two attached hydrogens (primary N) is 1. The molecule has 0 atom stereocenters. The highest BCUT2D eigenvalue weighted by molar-refractivity contribution is 6.30. The van der Waals surface area contributed by atoms with E-state index in [1.165, 1.54) is 0 Å². The van der Waals surface area contributed by atoms with Gasteiger partial charge >= 0.3 is 0 Å². The maximum atomic E-state index is 13.4. The second kappa shape index (κ2) is 5.29. The van der Waals surface area contributed by atoms with E-state index in [2.05, 4.69) is 0 Å². The van der Waals surface area contributed by atoms with Gasteiger partial charge in [0.25, 0.3) is 0 Å². The Bertz CT molecular complexity index is 304. The quantitative estimate of drug-likeness (QED) is 0.833. The molecule has 0 heterocycles. The molecule has 0 aliphatic heterocycles. The summed E-state index contributed by atoms with van der Waals surface area (Å²) in [6.07, 6.45) is 0. The fourth-order valence-corrected chi connectivity index (χ4v) is 1.45. The molecule has 0 radical (unpaired) electrons. The van der Waals surface area contributed by atoms with Crippen LogP contribution in [0.2, 0.25) is 5.02 Å². The predicted octanol–water partition coefficient (Wildman–Crippen LogP) is 1.87. The Morgan fingerprint density at radius 1 is 1.50 bits per heavy atom. The Balaban J connectivity index is 2.71. The zero-order valence-electron chi connectivity index (χ0n) is 8.13. The molecular weight excluding hydrogens is 203 g/mol. The minimum Gasteiger partial charge on any atom is -0.329 e. The van der Waals surface area contributed by atoms with Crippen molar-refractivity contribution in [3.8, 4) is 0 Å². The van der Waals surface area contributed by atoms with Gasteiger partial charge in [0.15, 0.2) is 0 Å². The molecule has 0 unspecified atom stereocenters. The van der Waals surface area contributed by atoms with Crippen molar-refractivity contribution < 1.29 is 4.39 Å². The summed E-state index contributed by atoms with van der Waals surface area (Å²) in [5, 5.41) is 0.170. The van der Waals surface area contributed by atoms with Gasteiger partial charge in [-0.25, -0.2) is 4.39 Å². The summed E-state index contributed by atoms with van der Waals surface area (Å²) >= 11 is 5.66. The molecule has 1 rings (SSSR count). The number of hydrogen-bond donors (Lipinski definition) is 1. The molecule has 1 aromatic rings. The lowest BCUT2D eigenvalue weighted by atomic mass is 10.2. The van der Waals surface area contributed by atoms with E-state index in [1.807, 2.05) is 11.9 Å². The highest BCUT2D eigenvalue weighted by Gasteiger charge is 2.07. The Morgan fingerprint density at radius 3 is 2.86 bits per heavy atom. The standard InChI is InChI=1S/C10H14ClFN2/c1-14(6-5-13)7-8-3-2-4-9(11)10(8)12/h2-4H,5-7,13H2,1H3. The summed E-state index contributed by atoms with van der Waals surface area (Å²) in [6.45, 7) is 1.84. The Hall–Kier alpha value is -0.640. The minimum absolute atomic E-state index is 0.170. The molecule has 0 spiro atoms. The van der Waals surface area contributed by atoms with Crippen LogP contribution in [0.4, 0.5) is 4.39 Å². The lowest BCUT2D eigenvalue weighted by molar-refractivity contribution is 0.330. The van der Waals surface area contributed by atoms with Gasteiger partial charge in [0.2, 0.25) is 0 Å². The summed E-state index contributed by atoms with van der Waals surface area (Å²) in [7, 11) is 1.90. The van der Waals surface area contributed by atoms with Crippen LogP contribution < -0.4 is 5.73 Å². The van der Waals surface area contributed by atoms with Crippen molar-refractivity contribution in [2.24, 2.45) is 5.73 Å². The first-order valence-corrected chi connectivity index (χ1v) is 4.84. The smallest absolute Gasteiger partial charge is 0.146 e. The Kier molecular flexibility index (Phi) is 4.32. The molecule has 0 fully saturated rings. The average molecular weight is 217 g/mol. The monoisotopic (exact) mass is 216 g/mol. The maximum absolute atomic E-state index is 13.4. The number of likely N-dealkylation sites (N-methyl/N-ethyl adjacent to an activating group) is 1. The molecule has 0 aromatic heterocycles. The average Bonchev–Trinajstić information content (AvgIpc) is 2.13. The predicted molar refractivity (Wildman–Crippen MR) is 56.8 cm³/mol. The fraction of sp³-hybridized carbons (Fsp3) is 0.400. The van der Waals surface area contributed by atoms with Gasteiger partial charge < -0.3 is 10.6 Å². The van der Waals surface area contributed by atoms with Crippen LogP contribution in [0.1, 0.15) is 5.56 Å². The number of rotatable bonds is 4. The van der Waals surface area contributed by atoms with Crippen LogP contribution in [0.25, 0.3) is 0 Å². The third-order valence-electron chi connectivity index (χ3n) is 1.98. The normalized spacial score (nSPS) is 10.9. The van der Waals surface area contributed by atoms with Gasteiger partial charge in [-0.15, -0.1) is 0 Å². The van der Waals surface area contributed by atoms with Gasteiger partial charge in [-0.05, 0) is 13.1 Å². The van der Waals surface area contributed by atoms with Gasteiger partial charge in [0.05, 0.1) is 5.02 Å². The van der Waals surface area contributed by atoms with E-state index in [-0.39, 0.29) is 10.8 Å². The van der Waals surface area contributed by atoms with Crippen LogP contribution in [0.5, 0.6) is 0 Å². The van der Waals surface area contributed by atoms with Crippen molar-refractivity contribution in [1.82, 2.24) is 4.90 Å². The zero-order chi connectivity index (χ0) is 10.6. The number of hydrogen-bond acceptors (Lipinski definition) is 2. The van der Waals surface area contributed by atoms with E-state index in [0.29, 0.717) is 18.7 Å². The number of benzene rings is 1. The third-order valence-corrected chi connectivity index (χ3v) is 2.27. The summed E-state index contributed by atoms with van der Waals surface area (Å²) in [5.74, 6) is -0.335. The number of halogens is 2. The molecule has 0 aliphatic rings. The Labute approximate surface area is 88.5 Å². The lowest BCUT2D eigenvalue weighted by Crippen LogP contribution is -2.25. The van der Waals surface area contributed by atoms with Gasteiger partial charge in [-0.1, -0.05) is 23.7 Å². The first kappa shape index (κ1) is 11.4. The van der Waals surface area contributed by atoms with Crippen molar-refractivity contribution in [2.75, 3.05) is 20.1 Å². The van der Waals surface area contributed by atoms with Gasteiger partial charge in [-0.3, -0.25) is 0 Å². The number of nitrogens with zero attached hydrogens (tertiary/aromatic N) is 1. The van der Waals surface area contributed by atoms with Crippen LogP contribution in [0.3, 0.4) is 0 Å². The molecule has 1 aromatic carbocycles. The SMILES string of the molecule is CN(CCN)Cc1cccc(Cl)c1F. The Morgan fingerprint density at radius 2 is 2.21 bits per heavy atom. The molecule has 0 bridgehead atoms. The maximum Gasteiger partial charge on any atom is 0.146 e.